The minimum Gasteiger partial charge on any atom is -0.338 e. The molecule has 0 fully saturated rings. The zero-order valence-electron chi connectivity index (χ0n) is 21.3. The first-order chi connectivity index (χ1) is 17.8. The van der Waals surface area contributed by atoms with E-state index in [1.165, 1.54) is 6.07 Å². The summed E-state index contributed by atoms with van der Waals surface area (Å²) < 4.78 is 16.6. The summed E-state index contributed by atoms with van der Waals surface area (Å²) in [6.45, 7) is 3.91. The van der Waals surface area contributed by atoms with Gasteiger partial charge in [0.25, 0.3) is 0 Å². The van der Waals surface area contributed by atoms with Crippen LogP contribution in [-0.4, -0.2) is 71.5 Å². The van der Waals surface area contributed by atoms with Crippen molar-refractivity contribution < 1.29 is 9.18 Å². The van der Waals surface area contributed by atoms with Gasteiger partial charge in [0.1, 0.15) is 5.82 Å². The lowest BCUT2D eigenvalue weighted by molar-refractivity contribution is 0.251. The van der Waals surface area contributed by atoms with E-state index in [0.717, 1.165) is 31.5 Å². The summed E-state index contributed by atoms with van der Waals surface area (Å²) in [5, 5.41) is 29.1. The number of anilines is 1. The number of rotatable bonds is 10. The Morgan fingerprint density at radius 3 is 2.19 bits per heavy atom. The van der Waals surface area contributed by atoms with Crippen molar-refractivity contribution in [1.29, 1.82) is 0 Å². The maximum absolute atomic E-state index is 13.5. The fourth-order valence-corrected chi connectivity index (χ4v) is 3.99. The number of tetrazole rings is 2. The number of carbonyl (C=O) groups is 1. The lowest BCUT2D eigenvalue weighted by atomic mass is 10.1. The van der Waals surface area contributed by atoms with Gasteiger partial charge in [-0.1, -0.05) is 12.1 Å². The fourth-order valence-electron chi connectivity index (χ4n) is 3.99. The lowest BCUT2D eigenvalue weighted by Crippen LogP contribution is -2.30. The molecule has 0 spiro atoms. The quantitative estimate of drug-likeness (QED) is 0.313. The number of hydrogen-bond acceptors (Lipinski definition) is 8. The van der Waals surface area contributed by atoms with Crippen LogP contribution in [0.2, 0.25) is 0 Å². The number of nitrogens with zero attached hydrogens (tertiary/aromatic N) is 9. The monoisotopic (exact) mass is 507 g/mol. The number of aromatic nitrogens is 8. The number of unbranched alkanes of at least 4 members (excludes halogenated alkanes) is 1. The molecule has 0 bridgehead atoms. The molecule has 0 unspecified atom stereocenters. The number of benzene rings is 2. The fraction of sp³-hybridized carbons (Fsp3) is 0.375. The third kappa shape index (κ3) is 6.70. The first kappa shape index (κ1) is 25.8. The molecular formula is C24H30FN11O. The van der Waals surface area contributed by atoms with Crippen LogP contribution in [0.15, 0.2) is 36.4 Å². The average Bonchev–Trinajstić information content (AvgIpc) is 3.49. The number of nitrogens with one attached hydrogen (secondary N) is 2. The van der Waals surface area contributed by atoms with Crippen molar-refractivity contribution >= 4 is 11.7 Å². The molecule has 0 atom stereocenters. The number of urea groups is 1. The predicted molar refractivity (Wildman–Crippen MR) is 136 cm³/mol. The first-order valence-electron chi connectivity index (χ1n) is 11.9. The molecule has 2 aromatic heterocycles. The number of amides is 2. The van der Waals surface area contributed by atoms with Crippen molar-refractivity contribution in [3.63, 3.8) is 0 Å². The van der Waals surface area contributed by atoms with Gasteiger partial charge in [-0.15, -0.1) is 10.2 Å². The number of hydrogen-bond donors (Lipinski definition) is 2. The second kappa shape index (κ2) is 11.6. The standard InChI is InChI=1S/C24H30FN11O/c1-16-11-17(7-8-21(16)25)15-34(2)10-6-5-9-26-24(37)27-20-13-18(22-28-30-32-35(22)3)12-19(14-20)23-29-31-33-36(23)4/h7-8,11-14H,5-6,9-10,15H2,1-4H3,(H2,26,27,37). The van der Waals surface area contributed by atoms with Gasteiger partial charge < -0.3 is 15.5 Å². The van der Waals surface area contributed by atoms with Gasteiger partial charge in [-0.25, -0.2) is 18.5 Å². The number of halogens is 1. The van der Waals surface area contributed by atoms with E-state index in [-0.39, 0.29) is 11.8 Å². The van der Waals surface area contributed by atoms with E-state index in [1.54, 1.807) is 42.5 Å². The van der Waals surface area contributed by atoms with Gasteiger partial charge in [-0.2, -0.15) is 0 Å². The topological polar surface area (TPSA) is 132 Å². The summed E-state index contributed by atoms with van der Waals surface area (Å²) in [6.07, 6.45) is 1.73. The van der Waals surface area contributed by atoms with E-state index < -0.39 is 0 Å². The largest absolute Gasteiger partial charge is 0.338 e. The third-order valence-corrected chi connectivity index (χ3v) is 5.87. The molecule has 0 saturated carbocycles. The third-order valence-electron chi connectivity index (χ3n) is 5.87. The van der Waals surface area contributed by atoms with Crippen LogP contribution < -0.4 is 10.6 Å². The van der Waals surface area contributed by atoms with Crippen LogP contribution in [0.5, 0.6) is 0 Å². The van der Waals surface area contributed by atoms with Gasteiger partial charge in [-0.05, 0) is 89.6 Å². The molecule has 0 radical (unpaired) electrons. The van der Waals surface area contributed by atoms with Crippen molar-refractivity contribution in [2.75, 3.05) is 25.5 Å². The van der Waals surface area contributed by atoms with Crippen LogP contribution in [0.4, 0.5) is 14.9 Å². The molecule has 12 nitrogen and oxygen atoms in total. The highest BCUT2D eigenvalue weighted by Gasteiger charge is 2.14. The van der Waals surface area contributed by atoms with Crippen LogP contribution in [0.1, 0.15) is 24.0 Å². The van der Waals surface area contributed by atoms with Gasteiger partial charge in [0.15, 0.2) is 11.6 Å². The van der Waals surface area contributed by atoms with E-state index in [9.17, 15) is 9.18 Å². The zero-order valence-corrected chi connectivity index (χ0v) is 21.3. The maximum Gasteiger partial charge on any atom is 0.319 e. The van der Waals surface area contributed by atoms with Crippen LogP contribution in [0.3, 0.4) is 0 Å². The molecule has 37 heavy (non-hydrogen) atoms. The molecule has 0 saturated heterocycles. The summed E-state index contributed by atoms with van der Waals surface area (Å²) in [6, 6.07) is 10.3. The Labute approximate surface area is 213 Å². The van der Waals surface area contributed by atoms with Crippen molar-refractivity contribution in [3.05, 3.63) is 53.3 Å². The zero-order chi connectivity index (χ0) is 26.4. The van der Waals surface area contributed by atoms with E-state index in [4.69, 9.17) is 0 Å². The van der Waals surface area contributed by atoms with Gasteiger partial charge in [0.05, 0.1) is 0 Å². The number of aryl methyl sites for hydroxylation is 3. The average molecular weight is 508 g/mol. The highest BCUT2D eigenvalue weighted by molar-refractivity contribution is 5.91. The Morgan fingerprint density at radius 2 is 1.62 bits per heavy atom. The van der Waals surface area contributed by atoms with E-state index >= 15 is 0 Å². The van der Waals surface area contributed by atoms with Crippen molar-refractivity contribution in [3.8, 4) is 22.8 Å². The molecule has 2 N–H and O–H groups in total. The van der Waals surface area contributed by atoms with Crippen LogP contribution in [0, 0.1) is 12.7 Å². The molecule has 2 amide bonds. The van der Waals surface area contributed by atoms with Gasteiger partial charge in [-0.3, -0.25) is 0 Å². The summed E-state index contributed by atoms with van der Waals surface area (Å²) in [4.78, 5) is 14.8. The lowest BCUT2D eigenvalue weighted by Gasteiger charge is -2.17. The van der Waals surface area contributed by atoms with E-state index in [1.807, 2.05) is 25.2 Å². The summed E-state index contributed by atoms with van der Waals surface area (Å²) in [5.74, 6) is 0.899. The minimum absolute atomic E-state index is 0.185. The Balaban J connectivity index is 1.30. The summed E-state index contributed by atoms with van der Waals surface area (Å²) in [5.41, 5.74) is 3.71. The molecule has 2 heterocycles. The second-order valence-corrected chi connectivity index (χ2v) is 8.96. The molecule has 4 aromatic rings. The molecule has 0 aliphatic rings. The molecule has 4 rings (SSSR count). The Hall–Kier alpha value is -4.26. The van der Waals surface area contributed by atoms with Crippen LogP contribution >= 0.6 is 0 Å². The highest BCUT2D eigenvalue weighted by atomic mass is 19.1. The summed E-state index contributed by atoms with van der Waals surface area (Å²) in [7, 11) is 5.51. The first-order valence-corrected chi connectivity index (χ1v) is 11.9. The highest BCUT2D eigenvalue weighted by Crippen LogP contribution is 2.27. The normalized spacial score (nSPS) is 11.2. The Bertz CT molecular complexity index is 1310. The van der Waals surface area contributed by atoms with E-state index in [0.29, 0.717) is 40.6 Å². The van der Waals surface area contributed by atoms with Crippen molar-refractivity contribution in [1.82, 2.24) is 50.6 Å². The Kier molecular flexibility index (Phi) is 8.13. The maximum atomic E-state index is 13.5. The smallest absolute Gasteiger partial charge is 0.319 e. The molecule has 0 aliphatic heterocycles. The summed E-state index contributed by atoms with van der Waals surface area (Å²) >= 11 is 0. The molecule has 194 valence electrons. The number of carbonyl (C=O) groups excluding carboxylic acids is 1. The Morgan fingerprint density at radius 1 is 0.973 bits per heavy atom. The van der Waals surface area contributed by atoms with Gasteiger partial charge >= 0.3 is 6.03 Å². The van der Waals surface area contributed by atoms with Gasteiger partial charge in [0, 0.05) is 44.0 Å². The minimum atomic E-state index is -0.314. The van der Waals surface area contributed by atoms with Crippen LogP contribution in [-0.2, 0) is 20.6 Å². The van der Waals surface area contributed by atoms with E-state index in [2.05, 4.69) is 46.6 Å². The molecular weight excluding hydrogens is 477 g/mol. The molecule has 0 aliphatic carbocycles. The van der Waals surface area contributed by atoms with Crippen molar-refractivity contribution in [2.45, 2.75) is 26.3 Å². The molecule has 13 heteroatoms. The van der Waals surface area contributed by atoms with Gasteiger partial charge in [0.2, 0.25) is 0 Å². The SMILES string of the molecule is Cc1cc(CN(C)CCCCNC(=O)Nc2cc(-c3nnnn3C)cc(-c3nnnn3C)c2)ccc1F. The van der Waals surface area contributed by atoms with Crippen molar-refractivity contribution in [2.24, 2.45) is 14.1 Å². The predicted octanol–water partition coefficient (Wildman–Crippen LogP) is 2.55. The second-order valence-electron chi connectivity index (χ2n) is 8.96. The molecule has 2 aromatic carbocycles. The van der Waals surface area contributed by atoms with Crippen LogP contribution in [0.25, 0.3) is 22.8 Å².